The van der Waals surface area contributed by atoms with Crippen molar-refractivity contribution in [2.75, 3.05) is 20.8 Å². The largest absolute Gasteiger partial charge is 0.493 e. The number of benzene rings is 1. The lowest BCUT2D eigenvalue weighted by Crippen LogP contribution is -2.31. The highest BCUT2D eigenvalue weighted by atomic mass is 16.5. The summed E-state index contributed by atoms with van der Waals surface area (Å²) in [5, 5.41) is 3.15. The molecule has 4 nitrogen and oxygen atoms in total. The Morgan fingerprint density at radius 2 is 2.19 bits per heavy atom. The summed E-state index contributed by atoms with van der Waals surface area (Å²) >= 11 is 0. The van der Waals surface area contributed by atoms with Crippen molar-refractivity contribution in [3.8, 4) is 11.5 Å². The molecular formula is C12H15NO3. The fourth-order valence-corrected chi connectivity index (χ4v) is 2.14. The van der Waals surface area contributed by atoms with Gasteiger partial charge in [-0.05, 0) is 18.1 Å². The Balaban J connectivity index is 2.54. The van der Waals surface area contributed by atoms with Crippen molar-refractivity contribution >= 4 is 6.29 Å². The van der Waals surface area contributed by atoms with Crippen molar-refractivity contribution in [1.82, 2.24) is 5.32 Å². The lowest BCUT2D eigenvalue weighted by Gasteiger charge is -2.25. The number of methoxy groups -OCH3 is 2. The van der Waals surface area contributed by atoms with Crippen molar-refractivity contribution in [3.63, 3.8) is 0 Å². The Labute approximate surface area is 94.6 Å². The van der Waals surface area contributed by atoms with E-state index in [0.29, 0.717) is 5.75 Å². The lowest BCUT2D eigenvalue weighted by atomic mass is 9.94. The fraction of sp³-hybridized carbons (Fsp3) is 0.417. The Hall–Kier alpha value is -1.55. The third kappa shape index (κ3) is 1.65. The molecule has 1 aliphatic rings. The number of rotatable bonds is 3. The average molecular weight is 221 g/mol. The first-order valence-electron chi connectivity index (χ1n) is 5.24. The van der Waals surface area contributed by atoms with E-state index in [4.69, 9.17) is 9.47 Å². The summed E-state index contributed by atoms with van der Waals surface area (Å²) in [5.74, 6) is 1.46. The number of aldehydes is 1. The summed E-state index contributed by atoms with van der Waals surface area (Å²) in [5.41, 5.74) is 2.05. The normalized spacial score (nSPS) is 18.8. The molecule has 1 aromatic carbocycles. The fourth-order valence-electron chi connectivity index (χ4n) is 2.14. The smallest absolute Gasteiger partial charge is 0.164 e. The van der Waals surface area contributed by atoms with Crippen molar-refractivity contribution in [2.45, 2.75) is 12.5 Å². The van der Waals surface area contributed by atoms with Crippen LogP contribution in [0.2, 0.25) is 0 Å². The molecule has 4 heteroatoms. The average Bonchev–Trinajstić information content (AvgIpc) is 2.36. The topological polar surface area (TPSA) is 47.6 Å². The van der Waals surface area contributed by atoms with Crippen LogP contribution >= 0.6 is 0 Å². The number of carbonyl (C=O) groups excluding carboxylic acids is 1. The van der Waals surface area contributed by atoms with Crippen LogP contribution < -0.4 is 14.8 Å². The van der Waals surface area contributed by atoms with Crippen LogP contribution in [0.15, 0.2) is 12.1 Å². The Morgan fingerprint density at radius 1 is 1.38 bits per heavy atom. The lowest BCUT2D eigenvalue weighted by molar-refractivity contribution is -0.109. The number of ether oxygens (including phenoxy) is 2. The molecular weight excluding hydrogens is 206 g/mol. The molecule has 2 rings (SSSR count). The van der Waals surface area contributed by atoms with E-state index in [9.17, 15) is 4.79 Å². The number of carbonyl (C=O) groups is 1. The van der Waals surface area contributed by atoms with Crippen molar-refractivity contribution in [3.05, 3.63) is 23.3 Å². The minimum absolute atomic E-state index is 0.233. The van der Waals surface area contributed by atoms with Gasteiger partial charge in [0, 0.05) is 12.1 Å². The van der Waals surface area contributed by atoms with Crippen LogP contribution in [0, 0.1) is 0 Å². The molecule has 16 heavy (non-hydrogen) atoms. The Bertz CT molecular complexity index is 403. The number of fused-ring (bicyclic) bond motifs is 1. The van der Waals surface area contributed by atoms with Crippen LogP contribution in [0.5, 0.6) is 11.5 Å². The molecule has 0 spiro atoms. The van der Waals surface area contributed by atoms with Gasteiger partial charge in [0.05, 0.1) is 20.3 Å². The SMILES string of the molecule is COc1ccc2c(c1OC)CCNC2C=O. The number of nitrogens with one attached hydrogen (secondary N) is 1. The zero-order chi connectivity index (χ0) is 11.5. The van der Waals surface area contributed by atoms with Crippen LogP contribution in [0.25, 0.3) is 0 Å². The summed E-state index contributed by atoms with van der Waals surface area (Å²) < 4.78 is 10.6. The number of hydrogen-bond donors (Lipinski definition) is 1. The van der Waals surface area contributed by atoms with Gasteiger partial charge in [-0.15, -0.1) is 0 Å². The third-order valence-corrected chi connectivity index (χ3v) is 2.90. The van der Waals surface area contributed by atoms with Crippen LogP contribution in [0.4, 0.5) is 0 Å². The molecule has 1 heterocycles. The van der Waals surface area contributed by atoms with Crippen LogP contribution in [-0.2, 0) is 11.2 Å². The first-order valence-corrected chi connectivity index (χ1v) is 5.24. The van der Waals surface area contributed by atoms with Crippen molar-refractivity contribution in [1.29, 1.82) is 0 Å². The second kappa shape index (κ2) is 4.53. The van der Waals surface area contributed by atoms with Gasteiger partial charge in [0.2, 0.25) is 0 Å². The molecule has 0 saturated heterocycles. The van der Waals surface area contributed by atoms with Crippen LogP contribution in [0.1, 0.15) is 17.2 Å². The van der Waals surface area contributed by atoms with Gasteiger partial charge in [0.25, 0.3) is 0 Å². The molecule has 0 saturated carbocycles. The molecule has 1 unspecified atom stereocenters. The predicted octanol–water partition coefficient (Wildman–Crippen LogP) is 1.09. The maximum absolute atomic E-state index is 10.9. The minimum atomic E-state index is -0.233. The highest BCUT2D eigenvalue weighted by Crippen LogP contribution is 2.37. The monoisotopic (exact) mass is 221 g/mol. The second-order valence-electron chi connectivity index (χ2n) is 3.69. The molecule has 1 aromatic rings. The summed E-state index contributed by atoms with van der Waals surface area (Å²) in [7, 11) is 3.23. The van der Waals surface area contributed by atoms with Crippen molar-refractivity contribution < 1.29 is 14.3 Å². The van der Waals surface area contributed by atoms with Gasteiger partial charge in [-0.1, -0.05) is 6.07 Å². The third-order valence-electron chi connectivity index (χ3n) is 2.90. The van der Waals surface area contributed by atoms with Gasteiger partial charge in [-0.25, -0.2) is 0 Å². The van der Waals surface area contributed by atoms with E-state index in [2.05, 4.69) is 5.32 Å². The standard InChI is InChI=1S/C12H15NO3/c1-15-11-4-3-8-9(12(11)16-2)5-6-13-10(8)7-14/h3-4,7,10,13H,5-6H2,1-2H3. The quantitative estimate of drug-likeness (QED) is 0.776. The molecule has 0 amide bonds. The van der Waals surface area contributed by atoms with Gasteiger partial charge in [-0.3, -0.25) is 0 Å². The van der Waals surface area contributed by atoms with Crippen LogP contribution in [-0.4, -0.2) is 27.1 Å². The maximum Gasteiger partial charge on any atom is 0.164 e. The zero-order valence-corrected chi connectivity index (χ0v) is 9.45. The number of hydrogen-bond acceptors (Lipinski definition) is 4. The molecule has 0 aromatic heterocycles. The molecule has 1 atom stereocenters. The zero-order valence-electron chi connectivity index (χ0n) is 9.45. The van der Waals surface area contributed by atoms with Crippen LogP contribution in [0.3, 0.4) is 0 Å². The predicted molar refractivity (Wildman–Crippen MR) is 60.1 cm³/mol. The molecule has 0 fully saturated rings. The van der Waals surface area contributed by atoms with Gasteiger partial charge in [-0.2, -0.15) is 0 Å². The van der Waals surface area contributed by atoms with Crippen molar-refractivity contribution in [2.24, 2.45) is 0 Å². The Kier molecular flexibility index (Phi) is 3.10. The molecule has 1 N–H and O–H groups in total. The van der Waals surface area contributed by atoms with E-state index in [-0.39, 0.29) is 6.04 Å². The van der Waals surface area contributed by atoms with E-state index in [1.807, 2.05) is 12.1 Å². The second-order valence-corrected chi connectivity index (χ2v) is 3.69. The first-order chi connectivity index (χ1) is 7.81. The van der Waals surface area contributed by atoms with E-state index < -0.39 is 0 Å². The minimum Gasteiger partial charge on any atom is -0.493 e. The van der Waals surface area contributed by atoms with E-state index in [1.54, 1.807) is 14.2 Å². The van der Waals surface area contributed by atoms with Gasteiger partial charge < -0.3 is 19.6 Å². The van der Waals surface area contributed by atoms with E-state index in [0.717, 1.165) is 36.1 Å². The molecule has 0 radical (unpaired) electrons. The highest BCUT2D eigenvalue weighted by Gasteiger charge is 2.23. The van der Waals surface area contributed by atoms with E-state index in [1.165, 1.54) is 0 Å². The maximum atomic E-state index is 10.9. The first kappa shape index (κ1) is 11.0. The van der Waals surface area contributed by atoms with E-state index >= 15 is 0 Å². The summed E-state index contributed by atoms with van der Waals surface area (Å²) in [4.78, 5) is 10.9. The summed E-state index contributed by atoms with van der Waals surface area (Å²) in [6.45, 7) is 0.778. The summed E-state index contributed by atoms with van der Waals surface area (Å²) in [6.07, 6.45) is 1.77. The molecule has 86 valence electrons. The Morgan fingerprint density at radius 3 is 2.81 bits per heavy atom. The van der Waals surface area contributed by atoms with Gasteiger partial charge in [0.15, 0.2) is 11.5 Å². The van der Waals surface area contributed by atoms with Gasteiger partial charge in [0.1, 0.15) is 6.29 Å². The van der Waals surface area contributed by atoms with Gasteiger partial charge >= 0.3 is 0 Å². The molecule has 1 aliphatic heterocycles. The molecule has 0 aliphatic carbocycles. The summed E-state index contributed by atoms with van der Waals surface area (Å²) in [6, 6.07) is 3.52. The molecule has 0 bridgehead atoms. The highest BCUT2D eigenvalue weighted by molar-refractivity contribution is 5.66.